The molecule has 6 nitrogen and oxygen atoms in total. The molecule has 6 heteroatoms. The molecule has 16 heavy (non-hydrogen) atoms. The Kier molecular flexibility index (Phi) is 3.00. The minimum absolute atomic E-state index is 0.0614. The van der Waals surface area contributed by atoms with Gasteiger partial charge in [-0.15, -0.1) is 0 Å². The molecule has 0 radical (unpaired) electrons. The highest BCUT2D eigenvalue weighted by Crippen LogP contribution is 2.10. The van der Waals surface area contributed by atoms with Crippen molar-refractivity contribution < 1.29 is 9.63 Å². The normalized spacial score (nSPS) is 11.2. The fourth-order valence-electron chi connectivity index (χ4n) is 1.30. The van der Waals surface area contributed by atoms with Gasteiger partial charge in [-0.05, 0) is 0 Å². The van der Waals surface area contributed by atoms with Gasteiger partial charge >= 0.3 is 0 Å². The van der Waals surface area contributed by atoms with E-state index in [2.05, 4.69) is 15.1 Å². The number of hydrogen-bond acceptors (Lipinski definition) is 5. The Morgan fingerprint density at radius 3 is 2.88 bits per heavy atom. The van der Waals surface area contributed by atoms with E-state index in [1.54, 1.807) is 17.1 Å². The quantitative estimate of drug-likeness (QED) is 0.832. The van der Waals surface area contributed by atoms with Crippen molar-refractivity contribution in [3.63, 3.8) is 0 Å². The van der Waals surface area contributed by atoms with Crippen LogP contribution in [0.4, 0.5) is 0 Å². The second kappa shape index (κ2) is 4.44. The van der Waals surface area contributed by atoms with Crippen LogP contribution in [0, 0.1) is 0 Å². The molecule has 0 amide bonds. The lowest BCUT2D eigenvalue weighted by Crippen LogP contribution is -1.97. The number of rotatable bonds is 4. The summed E-state index contributed by atoms with van der Waals surface area (Å²) in [7, 11) is 0. The number of aliphatic hydroxyl groups excluding tert-OH is 1. The maximum Gasteiger partial charge on any atom is 0.246 e. The van der Waals surface area contributed by atoms with Gasteiger partial charge in [0.25, 0.3) is 0 Å². The van der Waals surface area contributed by atoms with Gasteiger partial charge in [-0.3, -0.25) is 0 Å². The number of aliphatic hydroxyl groups is 1. The number of imidazole rings is 1. The standard InChI is InChI=1S/C10H14N4O2/c1-7(2)10-12-9(16-13-10)4-14-3-8(5-15)11-6-14/h3,6-7,15H,4-5H2,1-2H3. The van der Waals surface area contributed by atoms with Gasteiger partial charge in [-0.25, -0.2) is 4.98 Å². The van der Waals surface area contributed by atoms with Crippen LogP contribution in [0.1, 0.15) is 37.2 Å². The summed E-state index contributed by atoms with van der Waals surface area (Å²) in [5, 5.41) is 12.7. The monoisotopic (exact) mass is 222 g/mol. The Morgan fingerprint density at radius 1 is 1.50 bits per heavy atom. The van der Waals surface area contributed by atoms with Crippen LogP contribution < -0.4 is 0 Å². The first-order valence-electron chi connectivity index (χ1n) is 5.13. The summed E-state index contributed by atoms with van der Waals surface area (Å²) in [5.41, 5.74) is 0.628. The average Bonchev–Trinajstić information content (AvgIpc) is 2.87. The van der Waals surface area contributed by atoms with E-state index in [1.165, 1.54) is 0 Å². The molecule has 86 valence electrons. The topological polar surface area (TPSA) is 77.0 Å². The zero-order valence-corrected chi connectivity index (χ0v) is 9.29. The van der Waals surface area contributed by atoms with Crippen molar-refractivity contribution in [1.82, 2.24) is 19.7 Å². The molecule has 0 unspecified atom stereocenters. The number of nitrogens with zero attached hydrogens (tertiary/aromatic N) is 4. The molecule has 0 atom stereocenters. The summed E-state index contributed by atoms with van der Waals surface area (Å²) in [6.07, 6.45) is 3.38. The Hall–Kier alpha value is -1.69. The fourth-order valence-corrected chi connectivity index (χ4v) is 1.30. The van der Waals surface area contributed by atoms with E-state index in [9.17, 15) is 0 Å². The average molecular weight is 222 g/mol. The van der Waals surface area contributed by atoms with Gasteiger partial charge in [0.2, 0.25) is 5.89 Å². The molecule has 2 aromatic rings. The summed E-state index contributed by atoms with van der Waals surface area (Å²) in [6, 6.07) is 0. The second-order valence-corrected chi connectivity index (χ2v) is 3.90. The van der Waals surface area contributed by atoms with E-state index < -0.39 is 0 Å². The van der Waals surface area contributed by atoms with E-state index in [0.717, 1.165) is 0 Å². The van der Waals surface area contributed by atoms with Crippen molar-refractivity contribution in [2.24, 2.45) is 0 Å². The Morgan fingerprint density at radius 2 is 2.31 bits per heavy atom. The minimum atomic E-state index is -0.0614. The predicted octanol–water partition coefficient (Wildman–Crippen LogP) is 0.930. The molecule has 0 saturated carbocycles. The molecule has 0 aliphatic rings. The van der Waals surface area contributed by atoms with E-state index in [-0.39, 0.29) is 12.5 Å². The lowest BCUT2D eigenvalue weighted by atomic mass is 10.2. The smallest absolute Gasteiger partial charge is 0.246 e. The third kappa shape index (κ3) is 2.27. The number of aromatic nitrogens is 4. The summed E-state index contributed by atoms with van der Waals surface area (Å²) in [6.45, 7) is 4.44. The van der Waals surface area contributed by atoms with Gasteiger partial charge in [-0.2, -0.15) is 4.98 Å². The molecule has 0 aliphatic carbocycles. The second-order valence-electron chi connectivity index (χ2n) is 3.90. The molecular formula is C10H14N4O2. The molecule has 2 heterocycles. The Balaban J connectivity index is 2.08. The van der Waals surface area contributed by atoms with E-state index >= 15 is 0 Å². The molecule has 2 rings (SSSR count). The zero-order valence-electron chi connectivity index (χ0n) is 9.29. The van der Waals surface area contributed by atoms with E-state index in [4.69, 9.17) is 9.63 Å². The zero-order chi connectivity index (χ0) is 11.5. The highest BCUT2D eigenvalue weighted by molar-refractivity contribution is 4.97. The van der Waals surface area contributed by atoms with Crippen LogP contribution in [0.3, 0.4) is 0 Å². The summed E-state index contributed by atoms with van der Waals surface area (Å²) < 4.78 is 6.90. The van der Waals surface area contributed by atoms with Gasteiger partial charge in [-0.1, -0.05) is 19.0 Å². The molecule has 1 N–H and O–H groups in total. The number of hydrogen-bond donors (Lipinski definition) is 1. The van der Waals surface area contributed by atoms with Gasteiger partial charge in [0.05, 0.1) is 18.6 Å². The van der Waals surface area contributed by atoms with Crippen LogP contribution in [-0.2, 0) is 13.2 Å². The largest absolute Gasteiger partial charge is 0.390 e. The molecule has 0 aromatic carbocycles. The van der Waals surface area contributed by atoms with Gasteiger partial charge in [0, 0.05) is 12.1 Å². The van der Waals surface area contributed by atoms with Crippen molar-refractivity contribution in [2.75, 3.05) is 0 Å². The van der Waals surface area contributed by atoms with Gasteiger partial charge < -0.3 is 14.2 Å². The molecule has 0 saturated heterocycles. The molecule has 2 aromatic heterocycles. The maximum absolute atomic E-state index is 8.87. The van der Waals surface area contributed by atoms with Gasteiger partial charge in [0.15, 0.2) is 5.82 Å². The van der Waals surface area contributed by atoms with Crippen molar-refractivity contribution in [3.05, 3.63) is 29.9 Å². The third-order valence-electron chi connectivity index (χ3n) is 2.17. The SMILES string of the molecule is CC(C)c1noc(Cn2cnc(CO)c2)n1. The van der Waals surface area contributed by atoms with Crippen molar-refractivity contribution in [2.45, 2.75) is 32.9 Å². The molecule has 0 aliphatic heterocycles. The van der Waals surface area contributed by atoms with Crippen LogP contribution >= 0.6 is 0 Å². The van der Waals surface area contributed by atoms with E-state index in [1.807, 2.05) is 13.8 Å². The minimum Gasteiger partial charge on any atom is -0.390 e. The first-order valence-corrected chi connectivity index (χ1v) is 5.13. The Labute approximate surface area is 92.9 Å². The molecule has 0 fully saturated rings. The van der Waals surface area contributed by atoms with Crippen LogP contribution in [0.25, 0.3) is 0 Å². The summed E-state index contributed by atoms with van der Waals surface area (Å²) >= 11 is 0. The van der Waals surface area contributed by atoms with Crippen molar-refractivity contribution in [1.29, 1.82) is 0 Å². The van der Waals surface area contributed by atoms with Crippen LogP contribution in [-0.4, -0.2) is 24.8 Å². The van der Waals surface area contributed by atoms with E-state index in [0.29, 0.717) is 24.0 Å². The molecular weight excluding hydrogens is 208 g/mol. The lowest BCUT2D eigenvalue weighted by molar-refractivity contribution is 0.277. The third-order valence-corrected chi connectivity index (χ3v) is 2.17. The maximum atomic E-state index is 8.87. The summed E-state index contributed by atoms with van der Waals surface area (Å²) in [5.74, 6) is 1.51. The van der Waals surface area contributed by atoms with Crippen LogP contribution in [0.2, 0.25) is 0 Å². The lowest BCUT2D eigenvalue weighted by Gasteiger charge is -1.95. The highest BCUT2D eigenvalue weighted by Gasteiger charge is 2.10. The fraction of sp³-hybridized carbons (Fsp3) is 0.500. The van der Waals surface area contributed by atoms with Crippen molar-refractivity contribution >= 4 is 0 Å². The molecule has 0 bridgehead atoms. The Bertz CT molecular complexity index is 461. The first kappa shape index (κ1) is 10.8. The molecule has 0 spiro atoms. The predicted molar refractivity (Wildman–Crippen MR) is 55.6 cm³/mol. The van der Waals surface area contributed by atoms with Crippen LogP contribution in [0.5, 0.6) is 0 Å². The first-order chi connectivity index (χ1) is 7.69. The summed E-state index contributed by atoms with van der Waals surface area (Å²) in [4.78, 5) is 8.25. The van der Waals surface area contributed by atoms with Crippen molar-refractivity contribution in [3.8, 4) is 0 Å². The highest BCUT2D eigenvalue weighted by atomic mass is 16.5. The van der Waals surface area contributed by atoms with Gasteiger partial charge in [0.1, 0.15) is 6.54 Å². The van der Waals surface area contributed by atoms with Crippen LogP contribution in [0.15, 0.2) is 17.0 Å².